The number of nitrogens with zero attached hydrogens (tertiary/aromatic N) is 3. The predicted molar refractivity (Wildman–Crippen MR) is 107 cm³/mol. The topological polar surface area (TPSA) is 104 Å². The Morgan fingerprint density at radius 3 is 3.04 bits per heavy atom. The zero-order valence-corrected chi connectivity index (χ0v) is 15.5. The van der Waals surface area contributed by atoms with Crippen LogP contribution in [-0.2, 0) is 0 Å². The first-order valence-corrected chi connectivity index (χ1v) is 9.44. The van der Waals surface area contributed by atoms with Gasteiger partial charge in [0.2, 0.25) is 5.43 Å². The monoisotopic (exact) mass is 376 g/mol. The predicted octanol–water partition coefficient (Wildman–Crippen LogP) is 1.51. The third kappa shape index (κ3) is 2.56. The summed E-state index contributed by atoms with van der Waals surface area (Å²) in [7, 11) is 0. The molecular formula is C20H20N6O2. The number of aromatic amines is 1. The van der Waals surface area contributed by atoms with Crippen molar-refractivity contribution in [3.63, 3.8) is 0 Å². The number of fused-ring (bicyclic) bond motifs is 5. The molecule has 8 nitrogen and oxygen atoms in total. The fourth-order valence-electron chi connectivity index (χ4n) is 3.95. The SMILES string of the molecule is Cc1ncc2c(=O)c(C(=O)NCC3CCCN3)c3[nH]c4ccccc4n3c2n1. The normalized spacial score (nSPS) is 17.0. The third-order valence-corrected chi connectivity index (χ3v) is 5.33. The van der Waals surface area contributed by atoms with Gasteiger partial charge in [-0.15, -0.1) is 0 Å². The van der Waals surface area contributed by atoms with Gasteiger partial charge in [-0.2, -0.15) is 0 Å². The zero-order valence-electron chi connectivity index (χ0n) is 15.5. The van der Waals surface area contributed by atoms with Gasteiger partial charge in [0, 0.05) is 18.8 Å². The Hall–Kier alpha value is -3.26. The van der Waals surface area contributed by atoms with Crippen LogP contribution in [0.1, 0.15) is 29.0 Å². The van der Waals surface area contributed by atoms with Crippen LogP contribution in [-0.4, -0.2) is 44.4 Å². The van der Waals surface area contributed by atoms with E-state index in [9.17, 15) is 9.59 Å². The molecule has 4 aromatic rings. The number of hydrogen-bond acceptors (Lipinski definition) is 5. The lowest BCUT2D eigenvalue weighted by molar-refractivity contribution is 0.0950. The Morgan fingerprint density at radius 2 is 2.21 bits per heavy atom. The number of rotatable bonds is 3. The molecule has 1 saturated heterocycles. The number of pyridine rings is 1. The van der Waals surface area contributed by atoms with Crippen molar-refractivity contribution < 1.29 is 4.79 Å². The molecule has 1 fully saturated rings. The fraction of sp³-hybridized carbons (Fsp3) is 0.300. The summed E-state index contributed by atoms with van der Waals surface area (Å²) in [5.74, 6) is 0.181. The number of amides is 1. The Kier molecular flexibility index (Phi) is 3.87. The summed E-state index contributed by atoms with van der Waals surface area (Å²) in [5.41, 5.74) is 2.37. The van der Waals surface area contributed by atoms with Crippen LogP contribution in [0.4, 0.5) is 0 Å². The summed E-state index contributed by atoms with van der Waals surface area (Å²) < 4.78 is 1.84. The van der Waals surface area contributed by atoms with Crippen molar-refractivity contribution in [3.05, 3.63) is 52.1 Å². The van der Waals surface area contributed by atoms with E-state index in [1.807, 2.05) is 28.7 Å². The van der Waals surface area contributed by atoms with Crippen LogP contribution < -0.4 is 16.1 Å². The molecule has 1 aliphatic heterocycles. The van der Waals surface area contributed by atoms with Crippen LogP contribution in [0.25, 0.3) is 27.7 Å². The summed E-state index contributed by atoms with van der Waals surface area (Å²) in [6, 6.07) is 7.92. The van der Waals surface area contributed by atoms with Gasteiger partial charge < -0.3 is 15.6 Å². The van der Waals surface area contributed by atoms with Crippen molar-refractivity contribution in [1.82, 2.24) is 30.0 Å². The number of carbonyl (C=O) groups excluding carboxylic acids is 1. The van der Waals surface area contributed by atoms with Crippen molar-refractivity contribution >= 4 is 33.6 Å². The zero-order chi connectivity index (χ0) is 19.3. The van der Waals surface area contributed by atoms with Gasteiger partial charge in [0.05, 0.1) is 16.4 Å². The van der Waals surface area contributed by atoms with E-state index in [0.29, 0.717) is 29.0 Å². The highest BCUT2D eigenvalue weighted by Gasteiger charge is 2.23. The van der Waals surface area contributed by atoms with E-state index in [0.717, 1.165) is 30.4 Å². The minimum Gasteiger partial charge on any atom is -0.350 e. The molecule has 0 aliphatic carbocycles. The maximum atomic E-state index is 13.2. The average molecular weight is 376 g/mol. The number of hydrogen-bond donors (Lipinski definition) is 3. The second kappa shape index (κ2) is 6.42. The van der Waals surface area contributed by atoms with Crippen LogP contribution in [0.2, 0.25) is 0 Å². The number of carbonyl (C=O) groups is 1. The molecule has 1 unspecified atom stereocenters. The Balaban J connectivity index is 1.75. The number of benzene rings is 1. The number of imidazole rings is 1. The molecule has 1 aromatic carbocycles. The van der Waals surface area contributed by atoms with Gasteiger partial charge >= 0.3 is 0 Å². The molecule has 0 radical (unpaired) electrons. The second-order valence-electron chi connectivity index (χ2n) is 7.19. The van der Waals surface area contributed by atoms with E-state index in [2.05, 4.69) is 25.6 Å². The van der Waals surface area contributed by atoms with Gasteiger partial charge in [-0.1, -0.05) is 12.1 Å². The number of nitrogens with one attached hydrogen (secondary N) is 3. The molecule has 1 atom stereocenters. The smallest absolute Gasteiger partial charge is 0.259 e. The molecule has 8 heteroatoms. The van der Waals surface area contributed by atoms with E-state index >= 15 is 0 Å². The number of para-hydroxylation sites is 2. The van der Waals surface area contributed by atoms with Crippen molar-refractivity contribution in [2.75, 3.05) is 13.1 Å². The van der Waals surface area contributed by atoms with Crippen molar-refractivity contribution in [2.24, 2.45) is 0 Å². The average Bonchev–Trinajstić information content (AvgIpc) is 3.34. The maximum Gasteiger partial charge on any atom is 0.259 e. The van der Waals surface area contributed by atoms with E-state index in [1.54, 1.807) is 6.92 Å². The summed E-state index contributed by atoms with van der Waals surface area (Å²) in [4.78, 5) is 38.1. The van der Waals surface area contributed by atoms with Crippen LogP contribution in [0.15, 0.2) is 35.3 Å². The minimum absolute atomic E-state index is 0.0918. The number of H-pyrrole nitrogens is 1. The maximum absolute atomic E-state index is 13.2. The van der Waals surface area contributed by atoms with Crippen molar-refractivity contribution in [2.45, 2.75) is 25.8 Å². The summed E-state index contributed by atoms with van der Waals surface area (Å²) >= 11 is 0. The largest absolute Gasteiger partial charge is 0.350 e. The van der Waals surface area contributed by atoms with Crippen LogP contribution in [0.3, 0.4) is 0 Å². The van der Waals surface area contributed by atoms with E-state index < -0.39 is 0 Å². The molecular weight excluding hydrogens is 356 g/mol. The van der Waals surface area contributed by atoms with Crippen LogP contribution in [0, 0.1) is 6.92 Å². The lowest BCUT2D eigenvalue weighted by Gasteiger charge is -2.12. The second-order valence-corrected chi connectivity index (χ2v) is 7.19. The lowest BCUT2D eigenvalue weighted by atomic mass is 10.1. The molecule has 3 N–H and O–H groups in total. The Bertz CT molecular complexity index is 1280. The van der Waals surface area contributed by atoms with Gasteiger partial charge in [-0.05, 0) is 38.4 Å². The number of aryl methyl sites for hydroxylation is 1. The highest BCUT2D eigenvalue weighted by atomic mass is 16.2. The Labute approximate surface area is 160 Å². The molecule has 4 heterocycles. The van der Waals surface area contributed by atoms with E-state index in [4.69, 9.17) is 0 Å². The van der Waals surface area contributed by atoms with E-state index in [1.165, 1.54) is 6.20 Å². The highest BCUT2D eigenvalue weighted by molar-refractivity contribution is 6.05. The van der Waals surface area contributed by atoms with Gasteiger partial charge in [0.1, 0.15) is 17.0 Å². The standard InChI is InChI=1S/C20H20N6O2/c1-11-22-10-13-17(27)16(20(28)23-9-12-5-4-8-21-12)19-25-14-6-2-3-7-15(14)26(19)18(13)24-11/h2-3,6-7,10,12,21,25H,4-5,8-9H2,1H3,(H,23,28). The molecule has 1 aliphatic rings. The van der Waals surface area contributed by atoms with Crippen LogP contribution in [0.5, 0.6) is 0 Å². The molecule has 0 bridgehead atoms. The van der Waals surface area contributed by atoms with Crippen molar-refractivity contribution in [1.29, 1.82) is 0 Å². The van der Waals surface area contributed by atoms with E-state index in [-0.39, 0.29) is 22.9 Å². The first kappa shape index (κ1) is 16.9. The van der Waals surface area contributed by atoms with Gasteiger partial charge in [-0.3, -0.25) is 14.0 Å². The highest BCUT2D eigenvalue weighted by Crippen LogP contribution is 2.22. The molecule has 3 aromatic heterocycles. The molecule has 5 rings (SSSR count). The molecule has 142 valence electrons. The summed E-state index contributed by atoms with van der Waals surface area (Å²) in [6.45, 7) is 3.23. The summed E-state index contributed by atoms with van der Waals surface area (Å²) in [5, 5.41) is 6.60. The summed E-state index contributed by atoms with van der Waals surface area (Å²) in [6.07, 6.45) is 3.62. The Morgan fingerprint density at radius 1 is 1.36 bits per heavy atom. The molecule has 1 amide bonds. The molecule has 28 heavy (non-hydrogen) atoms. The molecule has 0 saturated carbocycles. The first-order chi connectivity index (χ1) is 13.6. The lowest BCUT2D eigenvalue weighted by Crippen LogP contribution is -2.39. The van der Waals surface area contributed by atoms with Crippen molar-refractivity contribution in [3.8, 4) is 0 Å². The third-order valence-electron chi connectivity index (χ3n) is 5.33. The van der Waals surface area contributed by atoms with Gasteiger partial charge in [-0.25, -0.2) is 9.97 Å². The number of aromatic nitrogens is 4. The van der Waals surface area contributed by atoms with Gasteiger partial charge in [0.15, 0.2) is 5.65 Å². The quantitative estimate of drug-likeness (QED) is 0.503. The van der Waals surface area contributed by atoms with Crippen LogP contribution >= 0.6 is 0 Å². The molecule has 0 spiro atoms. The van der Waals surface area contributed by atoms with Gasteiger partial charge in [0.25, 0.3) is 5.91 Å². The minimum atomic E-state index is -0.384. The fourth-order valence-corrected chi connectivity index (χ4v) is 3.95. The first-order valence-electron chi connectivity index (χ1n) is 9.44.